The van der Waals surface area contributed by atoms with Crippen LogP contribution in [-0.4, -0.2) is 75.7 Å². The Balaban J connectivity index is 0.000000142. The molecule has 8 nitrogen and oxygen atoms in total. The number of ether oxygens (including phenoxy) is 2. The maximum Gasteiger partial charge on any atom is 0.194 e. The van der Waals surface area contributed by atoms with Crippen molar-refractivity contribution in [2.45, 2.75) is 0 Å². The molecule has 0 spiro atoms. The van der Waals surface area contributed by atoms with Crippen LogP contribution in [0.2, 0.25) is 0 Å². The van der Waals surface area contributed by atoms with Crippen molar-refractivity contribution >= 4 is 34.5 Å². The van der Waals surface area contributed by atoms with Gasteiger partial charge in [-0.15, -0.1) is 0 Å². The van der Waals surface area contributed by atoms with Gasteiger partial charge in [-0.3, -0.25) is 19.2 Å². The highest BCUT2D eigenvalue weighted by molar-refractivity contribution is 6.29. The predicted molar refractivity (Wildman–Crippen MR) is 166 cm³/mol. The fraction of sp³-hybridized carbons (Fsp3) is 0.222. The Morgan fingerprint density at radius 2 is 0.682 bits per heavy atom. The summed E-state index contributed by atoms with van der Waals surface area (Å²) in [7, 11) is 0. The molecule has 2 heterocycles. The van der Waals surface area contributed by atoms with Crippen LogP contribution in [0.4, 0.5) is 11.4 Å². The van der Waals surface area contributed by atoms with Gasteiger partial charge in [0.2, 0.25) is 0 Å². The molecular weight excluding hydrogens is 556 g/mol. The SMILES string of the molecule is O=C1c2ccccc2C(=O)c2cc(N3CCOCC3)ccc21.O=C1c2ccccc2C(=O)c2cc(N3CCOCC3)ccc21. The second kappa shape index (κ2) is 11.6. The van der Waals surface area contributed by atoms with Gasteiger partial charge in [0.05, 0.1) is 26.4 Å². The zero-order valence-corrected chi connectivity index (χ0v) is 24.1. The van der Waals surface area contributed by atoms with Gasteiger partial charge in [0.15, 0.2) is 23.1 Å². The van der Waals surface area contributed by atoms with Crippen molar-refractivity contribution in [3.63, 3.8) is 0 Å². The third-order valence-electron chi connectivity index (χ3n) is 8.57. The molecule has 0 saturated carbocycles. The van der Waals surface area contributed by atoms with Crippen molar-refractivity contribution < 1.29 is 28.7 Å². The Kier molecular flexibility index (Phi) is 7.37. The number of hydrogen-bond acceptors (Lipinski definition) is 8. The first-order chi connectivity index (χ1) is 21.5. The van der Waals surface area contributed by atoms with Gasteiger partial charge in [-0.2, -0.15) is 0 Å². The molecular formula is C36H30N2O6. The first kappa shape index (κ1) is 27.9. The third-order valence-corrected chi connectivity index (χ3v) is 8.57. The number of rotatable bonds is 2. The molecule has 2 fully saturated rings. The second-order valence-electron chi connectivity index (χ2n) is 11.1. The lowest BCUT2D eigenvalue weighted by molar-refractivity contribution is 0.0979. The quantitative estimate of drug-likeness (QED) is 0.291. The van der Waals surface area contributed by atoms with E-state index in [0.29, 0.717) is 70.9 Å². The van der Waals surface area contributed by atoms with Crippen molar-refractivity contribution in [2.24, 2.45) is 0 Å². The topological polar surface area (TPSA) is 93.2 Å². The number of ketones is 4. The Morgan fingerprint density at radius 3 is 1.02 bits per heavy atom. The molecule has 0 unspecified atom stereocenters. The molecule has 0 atom stereocenters. The van der Waals surface area contributed by atoms with Gasteiger partial charge in [0, 0.05) is 82.1 Å². The predicted octanol–water partition coefficient (Wildman–Crippen LogP) is 4.60. The van der Waals surface area contributed by atoms with E-state index in [1.165, 1.54) is 0 Å². The van der Waals surface area contributed by atoms with Crippen molar-refractivity contribution in [3.05, 3.63) is 129 Å². The van der Waals surface area contributed by atoms with Gasteiger partial charge in [0.25, 0.3) is 0 Å². The van der Waals surface area contributed by atoms with Crippen LogP contribution in [0.25, 0.3) is 0 Å². The molecule has 4 aliphatic rings. The molecule has 44 heavy (non-hydrogen) atoms. The maximum atomic E-state index is 12.7. The van der Waals surface area contributed by atoms with Gasteiger partial charge < -0.3 is 19.3 Å². The van der Waals surface area contributed by atoms with Crippen LogP contribution in [0.3, 0.4) is 0 Å². The molecule has 2 saturated heterocycles. The van der Waals surface area contributed by atoms with E-state index in [-0.39, 0.29) is 23.1 Å². The van der Waals surface area contributed by atoms with Crippen molar-refractivity contribution in [1.82, 2.24) is 0 Å². The smallest absolute Gasteiger partial charge is 0.194 e. The Hall–Kier alpha value is -4.92. The van der Waals surface area contributed by atoms with E-state index < -0.39 is 0 Å². The number of fused-ring (bicyclic) bond motifs is 4. The van der Waals surface area contributed by atoms with Crippen molar-refractivity contribution in [2.75, 3.05) is 62.4 Å². The van der Waals surface area contributed by atoms with Crippen LogP contribution in [-0.2, 0) is 9.47 Å². The minimum Gasteiger partial charge on any atom is -0.378 e. The standard InChI is InChI=1S/2C18H15NO3/c2*20-17-13-3-1-2-4-14(13)18(21)16-11-12(5-6-15(16)17)19-7-9-22-10-8-19/h2*1-6,11H,7-10H2. The second-order valence-corrected chi connectivity index (χ2v) is 11.1. The van der Waals surface area contributed by atoms with Crippen molar-refractivity contribution in [1.29, 1.82) is 0 Å². The number of anilines is 2. The minimum atomic E-state index is -0.0706. The molecule has 0 amide bonds. The lowest BCUT2D eigenvalue weighted by Crippen LogP contribution is -2.36. The summed E-state index contributed by atoms with van der Waals surface area (Å²) in [6.07, 6.45) is 0. The summed E-state index contributed by atoms with van der Waals surface area (Å²) in [5.74, 6) is -0.280. The summed E-state index contributed by atoms with van der Waals surface area (Å²) in [6, 6.07) is 25.1. The summed E-state index contributed by atoms with van der Waals surface area (Å²) < 4.78 is 10.7. The minimum absolute atomic E-state index is 0.0692. The number of carbonyl (C=O) groups excluding carboxylic acids is 4. The van der Waals surface area contributed by atoms with Crippen LogP contribution >= 0.6 is 0 Å². The van der Waals surface area contributed by atoms with Gasteiger partial charge >= 0.3 is 0 Å². The van der Waals surface area contributed by atoms with E-state index in [0.717, 1.165) is 37.6 Å². The zero-order valence-electron chi connectivity index (χ0n) is 24.1. The summed E-state index contributed by atoms with van der Waals surface area (Å²) in [5, 5.41) is 0. The maximum absolute atomic E-state index is 12.7. The molecule has 0 N–H and O–H groups in total. The third kappa shape index (κ3) is 4.92. The van der Waals surface area contributed by atoms with E-state index in [9.17, 15) is 19.2 Å². The highest BCUT2D eigenvalue weighted by atomic mass is 16.5. The molecule has 4 aromatic rings. The van der Waals surface area contributed by atoms with E-state index in [1.54, 1.807) is 60.7 Å². The number of morpholine rings is 2. The van der Waals surface area contributed by atoms with E-state index in [2.05, 4.69) is 9.80 Å². The van der Waals surface area contributed by atoms with Crippen LogP contribution in [0, 0.1) is 0 Å². The summed E-state index contributed by atoms with van der Waals surface area (Å²) in [5.41, 5.74) is 5.96. The van der Waals surface area contributed by atoms with Gasteiger partial charge in [0.1, 0.15) is 0 Å². The summed E-state index contributed by atoms with van der Waals surface area (Å²) in [6.45, 7) is 5.96. The van der Waals surface area contributed by atoms with E-state index >= 15 is 0 Å². The Morgan fingerprint density at radius 1 is 0.386 bits per heavy atom. The fourth-order valence-electron chi connectivity index (χ4n) is 6.21. The first-order valence-electron chi connectivity index (χ1n) is 14.8. The lowest BCUT2D eigenvalue weighted by atomic mass is 9.84. The van der Waals surface area contributed by atoms with Crippen molar-refractivity contribution in [3.8, 4) is 0 Å². The fourth-order valence-corrected chi connectivity index (χ4v) is 6.21. The first-order valence-corrected chi connectivity index (χ1v) is 14.8. The van der Waals surface area contributed by atoms with Gasteiger partial charge in [-0.25, -0.2) is 0 Å². The highest BCUT2D eigenvalue weighted by Crippen LogP contribution is 2.32. The van der Waals surface area contributed by atoms with E-state index in [4.69, 9.17) is 9.47 Å². The average molecular weight is 587 g/mol. The van der Waals surface area contributed by atoms with Crippen LogP contribution in [0.1, 0.15) is 63.7 Å². The number of benzene rings is 4. The molecule has 2 aliphatic carbocycles. The average Bonchev–Trinajstić information content (AvgIpc) is 3.10. The molecule has 4 aromatic carbocycles. The lowest BCUT2D eigenvalue weighted by Gasteiger charge is -2.30. The highest BCUT2D eigenvalue weighted by Gasteiger charge is 2.31. The van der Waals surface area contributed by atoms with Gasteiger partial charge in [-0.1, -0.05) is 48.5 Å². The molecule has 8 rings (SSSR count). The van der Waals surface area contributed by atoms with Crippen LogP contribution in [0.15, 0.2) is 84.9 Å². The molecule has 0 aromatic heterocycles. The van der Waals surface area contributed by atoms with E-state index in [1.807, 2.05) is 24.3 Å². The molecule has 8 heteroatoms. The summed E-state index contributed by atoms with van der Waals surface area (Å²) >= 11 is 0. The molecule has 220 valence electrons. The Labute approximate surface area is 254 Å². The molecule has 0 bridgehead atoms. The normalized spacial score (nSPS) is 17.2. The van der Waals surface area contributed by atoms with Gasteiger partial charge in [-0.05, 0) is 36.4 Å². The number of hydrogen-bond donors (Lipinski definition) is 0. The van der Waals surface area contributed by atoms with Crippen LogP contribution in [0.5, 0.6) is 0 Å². The monoisotopic (exact) mass is 586 g/mol. The summed E-state index contributed by atoms with van der Waals surface area (Å²) in [4.78, 5) is 54.9. The largest absolute Gasteiger partial charge is 0.378 e. The number of nitrogens with zero attached hydrogens (tertiary/aromatic N) is 2. The van der Waals surface area contributed by atoms with Crippen LogP contribution < -0.4 is 9.80 Å². The number of carbonyl (C=O) groups is 4. The zero-order chi connectivity index (χ0) is 30.2. The Bertz CT molecular complexity index is 1680. The molecule has 0 radical (unpaired) electrons. The molecule has 2 aliphatic heterocycles.